The number of imide groups is 1. The summed E-state index contributed by atoms with van der Waals surface area (Å²) < 4.78 is 5.19. The highest BCUT2D eigenvalue weighted by atomic mass is 16.5. The van der Waals surface area contributed by atoms with Gasteiger partial charge >= 0.3 is 0 Å². The van der Waals surface area contributed by atoms with E-state index in [0.29, 0.717) is 11.4 Å². The van der Waals surface area contributed by atoms with Gasteiger partial charge in [0.05, 0.1) is 24.6 Å². The van der Waals surface area contributed by atoms with E-state index in [9.17, 15) is 14.4 Å². The van der Waals surface area contributed by atoms with Crippen molar-refractivity contribution in [2.45, 2.75) is 32.1 Å². The van der Waals surface area contributed by atoms with Crippen LogP contribution in [-0.2, 0) is 14.4 Å². The van der Waals surface area contributed by atoms with Crippen LogP contribution in [0.5, 0.6) is 5.75 Å². The summed E-state index contributed by atoms with van der Waals surface area (Å²) in [6, 6.07) is 7.12. The summed E-state index contributed by atoms with van der Waals surface area (Å²) in [6.45, 7) is 0.144. The fourth-order valence-corrected chi connectivity index (χ4v) is 3.63. The standard InChI is InChI=1S/C18H22N2O4/c1-24-15-9-5-4-8-14(15)19-16(21)10-11-20-17(22)12-6-2-3-7-13(12)18(20)23/h4-5,8-9,12-13H,2-3,6-7,10-11H2,1H3,(H,19,21)/t12-,13-/m1/s1. The van der Waals surface area contributed by atoms with E-state index in [-0.39, 0.29) is 42.5 Å². The fraction of sp³-hybridized carbons (Fsp3) is 0.500. The van der Waals surface area contributed by atoms with Gasteiger partial charge < -0.3 is 10.1 Å². The number of nitrogens with zero attached hydrogens (tertiary/aromatic N) is 1. The lowest BCUT2D eigenvalue weighted by molar-refractivity contribution is -0.140. The Labute approximate surface area is 141 Å². The van der Waals surface area contributed by atoms with Gasteiger partial charge in [-0.15, -0.1) is 0 Å². The highest BCUT2D eigenvalue weighted by Crippen LogP contribution is 2.38. The van der Waals surface area contributed by atoms with Crippen LogP contribution in [0.25, 0.3) is 0 Å². The SMILES string of the molecule is COc1ccccc1NC(=O)CCN1C(=O)[C@@H]2CCCC[C@H]2C1=O. The lowest BCUT2D eigenvalue weighted by Crippen LogP contribution is -2.34. The largest absolute Gasteiger partial charge is 0.495 e. The van der Waals surface area contributed by atoms with Crippen molar-refractivity contribution < 1.29 is 19.1 Å². The number of ether oxygens (including phenoxy) is 1. The Morgan fingerprint density at radius 2 is 1.79 bits per heavy atom. The molecule has 1 saturated carbocycles. The van der Waals surface area contributed by atoms with Crippen molar-refractivity contribution in [3.05, 3.63) is 24.3 Å². The van der Waals surface area contributed by atoms with Crippen LogP contribution in [0.1, 0.15) is 32.1 Å². The molecule has 1 N–H and O–H groups in total. The van der Waals surface area contributed by atoms with E-state index in [0.717, 1.165) is 25.7 Å². The summed E-state index contributed by atoms with van der Waals surface area (Å²) >= 11 is 0. The number of methoxy groups -OCH3 is 1. The first-order chi connectivity index (χ1) is 11.6. The van der Waals surface area contributed by atoms with Gasteiger partial charge in [0, 0.05) is 13.0 Å². The van der Waals surface area contributed by atoms with Crippen molar-refractivity contribution in [1.82, 2.24) is 4.90 Å². The van der Waals surface area contributed by atoms with Crippen molar-refractivity contribution in [2.24, 2.45) is 11.8 Å². The van der Waals surface area contributed by atoms with Crippen LogP contribution >= 0.6 is 0 Å². The smallest absolute Gasteiger partial charge is 0.233 e. The Morgan fingerprint density at radius 3 is 2.42 bits per heavy atom. The zero-order valence-electron chi connectivity index (χ0n) is 13.8. The molecule has 128 valence electrons. The van der Waals surface area contributed by atoms with E-state index in [1.165, 1.54) is 12.0 Å². The number of anilines is 1. The second-order valence-electron chi connectivity index (χ2n) is 6.32. The zero-order chi connectivity index (χ0) is 17.1. The molecule has 1 saturated heterocycles. The first-order valence-corrected chi connectivity index (χ1v) is 8.40. The summed E-state index contributed by atoms with van der Waals surface area (Å²) in [7, 11) is 1.54. The Hall–Kier alpha value is -2.37. The minimum absolute atomic E-state index is 0.0922. The van der Waals surface area contributed by atoms with E-state index in [1.54, 1.807) is 18.2 Å². The second kappa shape index (κ2) is 7.03. The molecule has 1 aromatic carbocycles. The van der Waals surface area contributed by atoms with Crippen molar-refractivity contribution in [1.29, 1.82) is 0 Å². The number of para-hydroxylation sites is 2. The number of likely N-dealkylation sites (tertiary alicyclic amines) is 1. The van der Waals surface area contributed by atoms with Crippen molar-refractivity contribution in [3.8, 4) is 5.75 Å². The maximum Gasteiger partial charge on any atom is 0.233 e. The average molecular weight is 330 g/mol. The van der Waals surface area contributed by atoms with Crippen LogP contribution in [0.4, 0.5) is 5.69 Å². The fourth-order valence-electron chi connectivity index (χ4n) is 3.63. The summed E-state index contributed by atoms with van der Waals surface area (Å²) in [5.41, 5.74) is 0.581. The van der Waals surface area contributed by atoms with Crippen LogP contribution in [0.15, 0.2) is 24.3 Å². The van der Waals surface area contributed by atoms with Gasteiger partial charge in [0.25, 0.3) is 0 Å². The minimum Gasteiger partial charge on any atom is -0.495 e. The monoisotopic (exact) mass is 330 g/mol. The zero-order valence-corrected chi connectivity index (χ0v) is 13.8. The van der Waals surface area contributed by atoms with E-state index < -0.39 is 0 Å². The topological polar surface area (TPSA) is 75.7 Å². The Kier molecular flexibility index (Phi) is 4.83. The lowest BCUT2D eigenvalue weighted by atomic mass is 9.81. The molecule has 6 heteroatoms. The number of rotatable bonds is 5. The van der Waals surface area contributed by atoms with Crippen LogP contribution in [0.3, 0.4) is 0 Å². The molecule has 0 spiro atoms. The molecule has 0 aromatic heterocycles. The number of hydrogen-bond acceptors (Lipinski definition) is 4. The van der Waals surface area contributed by atoms with E-state index in [2.05, 4.69) is 5.32 Å². The predicted molar refractivity (Wildman–Crippen MR) is 88.4 cm³/mol. The number of carbonyl (C=O) groups excluding carboxylic acids is 3. The van der Waals surface area contributed by atoms with Gasteiger partial charge in [-0.2, -0.15) is 0 Å². The third-order valence-corrected chi connectivity index (χ3v) is 4.88. The summed E-state index contributed by atoms with van der Waals surface area (Å²) in [5.74, 6) is -0.197. The predicted octanol–water partition coefficient (Wildman–Crippen LogP) is 2.20. The molecule has 3 rings (SSSR count). The molecule has 0 radical (unpaired) electrons. The molecule has 2 fully saturated rings. The first kappa shape index (κ1) is 16.5. The number of benzene rings is 1. The average Bonchev–Trinajstić information content (AvgIpc) is 2.85. The maximum atomic E-state index is 12.4. The van der Waals surface area contributed by atoms with Crippen LogP contribution < -0.4 is 10.1 Å². The molecule has 1 aromatic rings. The van der Waals surface area contributed by atoms with E-state index in [4.69, 9.17) is 4.74 Å². The molecule has 6 nitrogen and oxygen atoms in total. The molecule has 1 heterocycles. The number of nitrogens with one attached hydrogen (secondary N) is 1. The molecular weight excluding hydrogens is 308 g/mol. The molecule has 2 atom stereocenters. The minimum atomic E-state index is -0.241. The van der Waals surface area contributed by atoms with E-state index in [1.807, 2.05) is 6.07 Å². The van der Waals surface area contributed by atoms with Crippen LogP contribution in [-0.4, -0.2) is 36.3 Å². The van der Waals surface area contributed by atoms with Gasteiger partial charge in [-0.3, -0.25) is 19.3 Å². The molecule has 3 amide bonds. The molecule has 0 unspecified atom stereocenters. The molecule has 1 aliphatic heterocycles. The molecular formula is C18H22N2O4. The van der Waals surface area contributed by atoms with Crippen LogP contribution in [0, 0.1) is 11.8 Å². The highest BCUT2D eigenvalue weighted by molar-refractivity contribution is 6.05. The highest BCUT2D eigenvalue weighted by Gasteiger charge is 2.47. The second-order valence-corrected chi connectivity index (χ2v) is 6.32. The Bertz CT molecular complexity index is 634. The van der Waals surface area contributed by atoms with Gasteiger partial charge in [0.2, 0.25) is 17.7 Å². The third-order valence-electron chi connectivity index (χ3n) is 4.88. The Balaban J connectivity index is 1.58. The summed E-state index contributed by atoms with van der Waals surface area (Å²) in [5, 5.41) is 2.76. The summed E-state index contributed by atoms with van der Waals surface area (Å²) in [4.78, 5) is 38.2. The molecule has 0 bridgehead atoms. The van der Waals surface area contributed by atoms with Crippen LogP contribution in [0.2, 0.25) is 0 Å². The van der Waals surface area contributed by atoms with Gasteiger partial charge in [-0.05, 0) is 25.0 Å². The van der Waals surface area contributed by atoms with Crippen molar-refractivity contribution in [3.63, 3.8) is 0 Å². The lowest BCUT2D eigenvalue weighted by Gasteiger charge is -2.19. The Morgan fingerprint density at radius 1 is 1.17 bits per heavy atom. The van der Waals surface area contributed by atoms with Gasteiger partial charge in [0.15, 0.2) is 0 Å². The molecule has 2 aliphatic rings. The van der Waals surface area contributed by atoms with Gasteiger partial charge in [0.1, 0.15) is 5.75 Å². The number of hydrogen-bond donors (Lipinski definition) is 1. The number of amides is 3. The first-order valence-electron chi connectivity index (χ1n) is 8.40. The number of fused-ring (bicyclic) bond motifs is 1. The quantitative estimate of drug-likeness (QED) is 0.840. The normalized spacial score (nSPS) is 23.1. The van der Waals surface area contributed by atoms with Crippen molar-refractivity contribution in [2.75, 3.05) is 19.0 Å². The van der Waals surface area contributed by atoms with Crippen molar-refractivity contribution >= 4 is 23.4 Å². The van der Waals surface area contributed by atoms with E-state index >= 15 is 0 Å². The van der Waals surface area contributed by atoms with Gasteiger partial charge in [-0.25, -0.2) is 0 Å². The summed E-state index contributed by atoms with van der Waals surface area (Å²) in [6.07, 6.45) is 3.68. The maximum absolute atomic E-state index is 12.4. The molecule has 24 heavy (non-hydrogen) atoms. The van der Waals surface area contributed by atoms with Gasteiger partial charge in [-0.1, -0.05) is 25.0 Å². The molecule has 1 aliphatic carbocycles. The number of carbonyl (C=O) groups is 3. The third kappa shape index (κ3) is 3.13.